The van der Waals surface area contributed by atoms with Gasteiger partial charge in [-0.05, 0) is 119 Å². The van der Waals surface area contributed by atoms with Crippen LogP contribution in [0, 0.1) is 11.2 Å². The largest absolute Gasteiger partial charge is 0.501 e. The zero-order valence-electron chi connectivity index (χ0n) is 47.4. The Morgan fingerprint density at radius 2 is 1.54 bits per heavy atom. The fraction of sp³-hybridized carbons (Fsp3) is 0.471. The molecule has 11 nitrogen and oxygen atoms in total. The van der Waals surface area contributed by atoms with Crippen molar-refractivity contribution in [3.05, 3.63) is 119 Å². The highest BCUT2D eigenvalue weighted by Gasteiger charge is 2.71. The third-order valence-corrected chi connectivity index (χ3v) is 17.6. The molecular weight excluding hydrogens is 1020 g/mol. The highest BCUT2D eigenvalue weighted by Crippen LogP contribution is 2.68. The first-order valence-corrected chi connectivity index (χ1v) is 27.4. The van der Waals surface area contributed by atoms with E-state index in [-0.39, 0.29) is 61.7 Å². The second-order valence-corrected chi connectivity index (χ2v) is 24.4. The van der Waals surface area contributed by atoms with Gasteiger partial charge >= 0.3 is 5.51 Å². The Hall–Kier alpha value is -4.31. The Morgan fingerprint density at radius 3 is 2.15 bits per heavy atom. The molecule has 1 amide bonds. The summed E-state index contributed by atoms with van der Waals surface area (Å²) in [5.74, 6) is -5.19. The van der Waals surface area contributed by atoms with Gasteiger partial charge in [0.15, 0.2) is 0 Å². The number of hydrogen-bond donors (Lipinski definition) is 2. The molecule has 21 heteroatoms. The Kier molecular flexibility index (Phi) is 12.9. The number of nitrogens with zero attached hydrogens (tertiary/aromatic N) is 4. The molecule has 1 saturated carbocycles. The summed E-state index contributed by atoms with van der Waals surface area (Å²) in [6, 6.07) is 17.4. The van der Waals surface area contributed by atoms with Gasteiger partial charge < -0.3 is 15.1 Å². The maximum atomic E-state index is 15.4. The number of hydrogen-bond acceptors (Lipinski definition) is 11. The van der Waals surface area contributed by atoms with Crippen molar-refractivity contribution in [3.8, 4) is 0 Å². The van der Waals surface area contributed by atoms with Crippen LogP contribution in [0.2, 0.25) is 5.02 Å². The SMILES string of the molecule is [2H]C1([2H])N(CC2=C(c3ccc(Cl)cc3F)CCC3(C2)CC3(F)F)C([2H])([2H])C([2H])([2H])N(c2ccc(C(=O)NS(=O)(=O)c3ccc(NC(CCN4CCN(C(C)(C)C)CC4)CSc4ccccc4)c(S(=O)(=O)C(F)(F)F)c3)cc2)C1([2H])[2H]. The number of piperazine rings is 2. The molecule has 2 unspecified atom stereocenters. The molecule has 2 heterocycles. The molecule has 8 rings (SSSR count). The molecule has 1 spiro atoms. The van der Waals surface area contributed by atoms with Gasteiger partial charge in [0.05, 0.1) is 16.1 Å². The lowest BCUT2D eigenvalue weighted by Crippen LogP contribution is -2.53. The van der Waals surface area contributed by atoms with E-state index in [1.807, 2.05) is 18.2 Å². The fourth-order valence-corrected chi connectivity index (χ4v) is 12.3. The lowest BCUT2D eigenvalue weighted by molar-refractivity contribution is -0.0436. The van der Waals surface area contributed by atoms with Crippen LogP contribution in [0.4, 0.5) is 37.7 Å². The van der Waals surface area contributed by atoms with Crippen LogP contribution in [-0.2, 0) is 19.9 Å². The highest BCUT2D eigenvalue weighted by atomic mass is 35.5. The van der Waals surface area contributed by atoms with E-state index in [0.29, 0.717) is 26.1 Å². The van der Waals surface area contributed by atoms with E-state index >= 15 is 4.39 Å². The number of sulfonamides is 1. The quantitative estimate of drug-likeness (QED) is 0.0824. The van der Waals surface area contributed by atoms with Crippen LogP contribution in [0.5, 0.6) is 0 Å². The van der Waals surface area contributed by atoms with Gasteiger partial charge in [0.25, 0.3) is 31.7 Å². The van der Waals surface area contributed by atoms with E-state index in [1.54, 1.807) is 16.9 Å². The zero-order valence-corrected chi connectivity index (χ0v) is 42.6. The first-order valence-electron chi connectivity index (χ1n) is 27.0. The van der Waals surface area contributed by atoms with Gasteiger partial charge in [-0.2, -0.15) is 13.2 Å². The van der Waals surface area contributed by atoms with Gasteiger partial charge in [-0.25, -0.2) is 34.7 Å². The summed E-state index contributed by atoms with van der Waals surface area (Å²) < 4.78 is 217. The number of carbonyl (C=O) groups excluding carboxylic acids is 1. The van der Waals surface area contributed by atoms with Gasteiger partial charge in [-0.3, -0.25) is 14.6 Å². The summed E-state index contributed by atoms with van der Waals surface area (Å²) >= 11 is 7.34. The standard InChI is InChI=1S/C51H59ClF6N6O5S3/c1-48(2,3)64-27-23-61(24-28-64)20-18-38(33-70-40-7-5-4-6-8-40)59-45-16-14-41(30-46(45)71(66,67)51(56,57)58)72(68,69)60-47(65)35-9-12-39(13-10-35)63-25-21-62(22-26-63)32-36-31-49(34-50(49,54)55)19-17-42(36)43-15-11-37(52)29-44(43)53/h4-16,29-30,38,59H,17-28,31-34H2,1-3H3,(H,60,65)/i21D2,22D2,25D2,26D2. The first kappa shape index (κ1) is 44.0. The molecule has 2 aliphatic carbocycles. The van der Waals surface area contributed by atoms with E-state index in [1.165, 1.54) is 23.9 Å². The van der Waals surface area contributed by atoms with Gasteiger partial charge in [0.1, 0.15) is 10.7 Å². The van der Waals surface area contributed by atoms with Crippen molar-refractivity contribution < 1.29 is 58.9 Å². The average molecular weight is 1090 g/mol. The second-order valence-electron chi connectivity index (χ2n) is 19.3. The number of benzene rings is 4. The molecule has 2 N–H and O–H groups in total. The Labute approximate surface area is 438 Å². The number of amides is 1. The van der Waals surface area contributed by atoms with Crippen molar-refractivity contribution in [2.45, 2.75) is 90.6 Å². The molecule has 2 aliphatic heterocycles. The average Bonchev–Trinajstić information content (AvgIpc) is 3.96. The van der Waals surface area contributed by atoms with Crippen molar-refractivity contribution >= 4 is 66.1 Å². The molecule has 3 fully saturated rings. The molecule has 2 atom stereocenters. The van der Waals surface area contributed by atoms with E-state index < -0.39 is 127 Å². The number of halogens is 7. The summed E-state index contributed by atoms with van der Waals surface area (Å²) in [5.41, 5.74) is -9.24. The van der Waals surface area contributed by atoms with Crippen molar-refractivity contribution in [2.24, 2.45) is 5.41 Å². The number of thioether (sulfide) groups is 1. The van der Waals surface area contributed by atoms with Gasteiger partial charge in [0, 0.05) is 127 Å². The Bertz CT molecular complexity index is 3240. The van der Waals surface area contributed by atoms with Crippen molar-refractivity contribution in [2.75, 3.05) is 81.2 Å². The minimum Gasteiger partial charge on any atom is -0.380 e. The predicted octanol–water partition coefficient (Wildman–Crippen LogP) is 10.1. The topological polar surface area (TPSA) is 122 Å². The summed E-state index contributed by atoms with van der Waals surface area (Å²) in [6.45, 7) is -5.23. The number of nitrogens with one attached hydrogen (secondary N) is 2. The summed E-state index contributed by atoms with van der Waals surface area (Å²) in [7, 11) is -11.5. The molecule has 0 aromatic heterocycles. The predicted molar refractivity (Wildman–Crippen MR) is 271 cm³/mol. The van der Waals surface area contributed by atoms with E-state index in [0.717, 1.165) is 60.4 Å². The number of rotatable bonds is 16. The van der Waals surface area contributed by atoms with Crippen LogP contribution in [0.3, 0.4) is 0 Å². The van der Waals surface area contributed by atoms with Gasteiger partial charge in [-0.15, -0.1) is 11.8 Å². The number of sulfone groups is 1. The van der Waals surface area contributed by atoms with E-state index in [2.05, 4.69) is 35.9 Å². The monoisotopic (exact) mass is 1090 g/mol. The fourth-order valence-electron chi connectivity index (χ4n) is 9.12. The van der Waals surface area contributed by atoms with Crippen LogP contribution in [0.25, 0.3) is 5.57 Å². The maximum absolute atomic E-state index is 15.4. The lowest BCUT2D eigenvalue weighted by atomic mass is 9.78. The number of alkyl halides is 5. The molecule has 4 aromatic carbocycles. The van der Waals surface area contributed by atoms with Crippen molar-refractivity contribution in [1.82, 2.24) is 19.4 Å². The first-order chi connectivity index (χ1) is 36.9. The molecule has 4 aromatic rings. The van der Waals surface area contributed by atoms with Gasteiger partial charge in [0.2, 0.25) is 0 Å². The van der Waals surface area contributed by atoms with Crippen molar-refractivity contribution in [3.63, 3.8) is 0 Å². The van der Waals surface area contributed by atoms with Crippen LogP contribution < -0.4 is 14.9 Å². The molecule has 4 aliphatic rings. The minimum atomic E-state index is -6.26. The normalized spacial score (nSPS) is 25.4. The highest BCUT2D eigenvalue weighted by molar-refractivity contribution is 7.99. The number of carbonyl (C=O) groups is 1. The Morgan fingerprint density at radius 1 is 0.875 bits per heavy atom. The summed E-state index contributed by atoms with van der Waals surface area (Å²) in [4.78, 5) is 16.8. The molecule has 0 radical (unpaired) electrons. The smallest absolute Gasteiger partial charge is 0.380 e. The summed E-state index contributed by atoms with van der Waals surface area (Å²) in [5, 5.41) is 2.95. The third kappa shape index (κ3) is 12.3. The van der Waals surface area contributed by atoms with Crippen LogP contribution in [0.15, 0.2) is 111 Å². The molecule has 0 bridgehead atoms. The number of anilines is 2. The molecule has 390 valence electrons. The summed E-state index contributed by atoms with van der Waals surface area (Å²) in [6.07, 6.45) is -0.908. The van der Waals surface area contributed by atoms with Crippen LogP contribution in [0.1, 0.15) is 79.8 Å². The third-order valence-electron chi connectivity index (χ3n) is 13.4. The lowest BCUT2D eigenvalue weighted by Gasteiger charge is -2.42. The molecule has 2 saturated heterocycles. The van der Waals surface area contributed by atoms with Crippen LogP contribution in [-0.4, -0.2) is 131 Å². The maximum Gasteiger partial charge on any atom is 0.501 e. The minimum absolute atomic E-state index is 0.0129. The van der Waals surface area contributed by atoms with E-state index in [4.69, 9.17) is 22.6 Å². The number of allylic oxidation sites excluding steroid dienone is 1. The molecular formula is C51H59ClF6N6O5S3. The molecule has 72 heavy (non-hydrogen) atoms. The van der Waals surface area contributed by atoms with Crippen LogP contribution >= 0.6 is 23.4 Å². The van der Waals surface area contributed by atoms with E-state index in [9.17, 15) is 43.6 Å². The van der Waals surface area contributed by atoms with Gasteiger partial charge in [-0.1, -0.05) is 41.4 Å². The van der Waals surface area contributed by atoms with Crippen molar-refractivity contribution in [1.29, 1.82) is 0 Å². The zero-order chi connectivity index (χ0) is 59.0. The second kappa shape index (κ2) is 21.1. The Balaban J connectivity index is 1.03.